The smallest absolute Gasteiger partial charge is 0.0304 e. The van der Waals surface area contributed by atoms with E-state index in [0.29, 0.717) is 17.6 Å². The van der Waals surface area contributed by atoms with Gasteiger partial charge >= 0.3 is 0 Å². The predicted octanol–water partition coefficient (Wildman–Crippen LogP) is 3.40. The first kappa shape index (κ1) is 15.1. The normalized spacial score (nSPS) is 26.0. The lowest BCUT2D eigenvalue weighted by atomic mass is 9.87. The summed E-state index contributed by atoms with van der Waals surface area (Å²) in [5, 5.41) is 3.87. The molecular formula is C19H30N2. The highest BCUT2D eigenvalue weighted by Gasteiger charge is 2.40. The number of hydrogen-bond acceptors (Lipinski definition) is 2. The summed E-state index contributed by atoms with van der Waals surface area (Å²) < 4.78 is 0. The second-order valence-electron chi connectivity index (χ2n) is 6.93. The third-order valence-corrected chi connectivity index (χ3v) is 5.99. The monoisotopic (exact) mass is 286 g/mol. The molecule has 1 saturated heterocycles. The van der Waals surface area contributed by atoms with Gasteiger partial charge in [0, 0.05) is 30.7 Å². The molecule has 1 aliphatic carbocycles. The van der Waals surface area contributed by atoms with Crippen LogP contribution in [0.15, 0.2) is 24.3 Å². The maximum absolute atomic E-state index is 3.87. The van der Waals surface area contributed by atoms with Gasteiger partial charge in [-0.25, -0.2) is 0 Å². The Morgan fingerprint density at radius 3 is 2.24 bits per heavy atom. The van der Waals surface area contributed by atoms with E-state index in [1.54, 1.807) is 11.1 Å². The molecule has 0 spiro atoms. The fourth-order valence-corrected chi connectivity index (χ4v) is 4.29. The molecule has 1 N–H and O–H groups in total. The molecule has 0 amide bonds. The Bertz CT molecular complexity index is 453. The first-order chi connectivity index (χ1) is 10.2. The van der Waals surface area contributed by atoms with Crippen molar-refractivity contribution in [2.24, 2.45) is 0 Å². The fraction of sp³-hybridized carbons (Fsp3) is 0.684. The van der Waals surface area contributed by atoms with E-state index in [4.69, 9.17) is 0 Å². The van der Waals surface area contributed by atoms with E-state index in [-0.39, 0.29) is 0 Å². The number of hydrogen-bond donors (Lipinski definition) is 1. The SMILES string of the molecule is CCC1CNC(CC)(CC)CN1C1Cc2ccccc2C1. The van der Waals surface area contributed by atoms with Gasteiger partial charge in [-0.1, -0.05) is 45.0 Å². The Labute approximate surface area is 129 Å². The molecule has 2 heteroatoms. The van der Waals surface area contributed by atoms with Crippen LogP contribution in [0.3, 0.4) is 0 Å². The van der Waals surface area contributed by atoms with Crippen LogP contribution in [0.25, 0.3) is 0 Å². The molecule has 2 nitrogen and oxygen atoms in total. The zero-order chi connectivity index (χ0) is 14.9. The number of piperazine rings is 1. The highest BCUT2D eigenvalue weighted by atomic mass is 15.3. The lowest BCUT2D eigenvalue weighted by molar-refractivity contribution is 0.0378. The highest BCUT2D eigenvalue weighted by Crippen LogP contribution is 2.31. The topological polar surface area (TPSA) is 15.3 Å². The minimum atomic E-state index is 0.334. The average Bonchev–Trinajstić information content (AvgIpc) is 2.98. The zero-order valence-corrected chi connectivity index (χ0v) is 13.9. The number of fused-ring (bicyclic) bond motifs is 1. The molecule has 2 aliphatic rings. The summed E-state index contributed by atoms with van der Waals surface area (Å²) in [5.41, 5.74) is 3.49. The lowest BCUT2D eigenvalue weighted by Gasteiger charge is -2.49. The van der Waals surface area contributed by atoms with Gasteiger partial charge < -0.3 is 5.32 Å². The molecule has 0 bridgehead atoms. The molecule has 0 saturated carbocycles. The summed E-state index contributed by atoms with van der Waals surface area (Å²) in [5.74, 6) is 0. The minimum absolute atomic E-state index is 0.334. The van der Waals surface area contributed by atoms with Gasteiger partial charge in [0.1, 0.15) is 0 Å². The quantitative estimate of drug-likeness (QED) is 0.912. The third-order valence-electron chi connectivity index (χ3n) is 5.99. The van der Waals surface area contributed by atoms with Gasteiger partial charge in [-0.3, -0.25) is 4.90 Å². The van der Waals surface area contributed by atoms with Crippen LogP contribution in [-0.4, -0.2) is 35.6 Å². The van der Waals surface area contributed by atoms with Crippen molar-refractivity contribution in [2.75, 3.05) is 13.1 Å². The van der Waals surface area contributed by atoms with Gasteiger partial charge in [0.05, 0.1) is 0 Å². The first-order valence-electron chi connectivity index (χ1n) is 8.79. The number of rotatable bonds is 4. The average molecular weight is 286 g/mol. The summed E-state index contributed by atoms with van der Waals surface area (Å²) in [7, 11) is 0. The van der Waals surface area contributed by atoms with Gasteiger partial charge in [0.25, 0.3) is 0 Å². The molecule has 1 heterocycles. The van der Waals surface area contributed by atoms with Crippen LogP contribution in [0.4, 0.5) is 0 Å². The van der Waals surface area contributed by atoms with E-state index in [1.807, 2.05) is 0 Å². The molecule has 1 aromatic carbocycles. The van der Waals surface area contributed by atoms with Gasteiger partial charge in [-0.15, -0.1) is 0 Å². The van der Waals surface area contributed by atoms with Crippen LogP contribution >= 0.6 is 0 Å². The molecule has 3 rings (SSSR count). The molecular weight excluding hydrogens is 256 g/mol. The van der Waals surface area contributed by atoms with E-state index in [0.717, 1.165) is 6.54 Å². The molecule has 1 atom stereocenters. The summed E-state index contributed by atoms with van der Waals surface area (Å²) in [6, 6.07) is 10.5. The van der Waals surface area contributed by atoms with Crippen molar-refractivity contribution in [2.45, 2.75) is 70.5 Å². The van der Waals surface area contributed by atoms with Crippen LogP contribution in [0, 0.1) is 0 Å². The van der Waals surface area contributed by atoms with Crippen molar-refractivity contribution in [3.05, 3.63) is 35.4 Å². The second-order valence-corrected chi connectivity index (χ2v) is 6.93. The standard InChI is InChI=1S/C19H30N2/c1-4-17-13-20-19(5-2,6-3)14-21(17)18-11-15-9-7-8-10-16(15)12-18/h7-10,17-18,20H,4-6,11-14H2,1-3H3. The zero-order valence-electron chi connectivity index (χ0n) is 13.9. The predicted molar refractivity (Wildman–Crippen MR) is 89.7 cm³/mol. The fourth-order valence-electron chi connectivity index (χ4n) is 4.29. The molecule has 1 fully saturated rings. The number of nitrogens with zero attached hydrogens (tertiary/aromatic N) is 1. The molecule has 1 aromatic rings. The first-order valence-corrected chi connectivity index (χ1v) is 8.79. The van der Waals surface area contributed by atoms with Crippen molar-refractivity contribution in [1.29, 1.82) is 0 Å². The van der Waals surface area contributed by atoms with E-state index in [2.05, 4.69) is 55.3 Å². The van der Waals surface area contributed by atoms with E-state index >= 15 is 0 Å². The van der Waals surface area contributed by atoms with E-state index < -0.39 is 0 Å². The van der Waals surface area contributed by atoms with Gasteiger partial charge in [0.15, 0.2) is 0 Å². The third kappa shape index (κ3) is 2.76. The number of nitrogens with one attached hydrogen (secondary N) is 1. The van der Waals surface area contributed by atoms with E-state index in [1.165, 1.54) is 38.6 Å². The van der Waals surface area contributed by atoms with Crippen molar-refractivity contribution in [1.82, 2.24) is 10.2 Å². The van der Waals surface area contributed by atoms with Crippen molar-refractivity contribution < 1.29 is 0 Å². The van der Waals surface area contributed by atoms with Crippen LogP contribution in [-0.2, 0) is 12.8 Å². The maximum atomic E-state index is 3.87. The molecule has 116 valence electrons. The minimum Gasteiger partial charge on any atom is -0.308 e. The second kappa shape index (κ2) is 6.10. The summed E-state index contributed by atoms with van der Waals surface area (Å²) in [4.78, 5) is 2.84. The largest absolute Gasteiger partial charge is 0.308 e. The Morgan fingerprint density at radius 1 is 1.10 bits per heavy atom. The number of benzene rings is 1. The Kier molecular flexibility index (Phi) is 4.37. The Balaban J connectivity index is 1.79. The van der Waals surface area contributed by atoms with Gasteiger partial charge in [-0.2, -0.15) is 0 Å². The molecule has 1 aliphatic heterocycles. The highest BCUT2D eigenvalue weighted by molar-refractivity contribution is 5.33. The molecule has 0 aromatic heterocycles. The molecule has 1 unspecified atom stereocenters. The Morgan fingerprint density at radius 2 is 1.71 bits per heavy atom. The van der Waals surface area contributed by atoms with Crippen LogP contribution in [0.2, 0.25) is 0 Å². The van der Waals surface area contributed by atoms with Gasteiger partial charge in [0.2, 0.25) is 0 Å². The molecule has 0 radical (unpaired) electrons. The van der Waals surface area contributed by atoms with E-state index in [9.17, 15) is 0 Å². The lowest BCUT2D eigenvalue weighted by Crippen LogP contribution is -2.65. The summed E-state index contributed by atoms with van der Waals surface area (Å²) in [6.07, 6.45) is 6.21. The van der Waals surface area contributed by atoms with Crippen LogP contribution < -0.4 is 5.32 Å². The summed E-state index contributed by atoms with van der Waals surface area (Å²) in [6.45, 7) is 9.39. The molecule has 21 heavy (non-hydrogen) atoms. The van der Waals surface area contributed by atoms with Crippen molar-refractivity contribution in [3.63, 3.8) is 0 Å². The maximum Gasteiger partial charge on any atom is 0.0304 e. The Hall–Kier alpha value is -0.860. The van der Waals surface area contributed by atoms with Crippen LogP contribution in [0.1, 0.15) is 51.2 Å². The van der Waals surface area contributed by atoms with Gasteiger partial charge in [-0.05, 0) is 43.2 Å². The van der Waals surface area contributed by atoms with Crippen molar-refractivity contribution >= 4 is 0 Å². The summed E-state index contributed by atoms with van der Waals surface area (Å²) >= 11 is 0. The van der Waals surface area contributed by atoms with Crippen LogP contribution in [0.5, 0.6) is 0 Å². The van der Waals surface area contributed by atoms with Crippen molar-refractivity contribution in [3.8, 4) is 0 Å².